The number of halogens is 3. The van der Waals surface area contributed by atoms with Crippen molar-refractivity contribution in [2.24, 2.45) is 0 Å². The zero-order chi connectivity index (χ0) is 11.3. The minimum atomic E-state index is -4.16. The van der Waals surface area contributed by atoms with Crippen LogP contribution in [0.5, 0.6) is 0 Å². The number of nitrogens with zero attached hydrogens (tertiary/aromatic N) is 1. The summed E-state index contributed by atoms with van der Waals surface area (Å²) >= 11 is 0. The molecule has 0 spiro atoms. The minimum absolute atomic E-state index is 0.0206. The molecule has 1 rings (SSSR count). The van der Waals surface area contributed by atoms with E-state index in [1.807, 2.05) is 0 Å². The molecule has 0 bridgehead atoms. The fraction of sp³-hybridized carbons (Fsp3) is 1.00. The third-order valence-corrected chi connectivity index (χ3v) is 2.54. The average molecular weight is 226 g/mol. The molecule has 0 aromatic heterocycles. The van der Waals surface area contributed by atoms with Gasteiger partial charge in [0.25, 0.3) is 0 Å². The third kappa shape index (κ3) is 3.96. The topological polar surface area (TPSA) is 24.5 Å². The zero-order valence-electron chi connectivity index (χ0n) is 8.81. The number of methoxy groups -OCH3 is 1. The largest absolute Gasteiger partial charge is 0.405 e. The van der Waals surface area contributed by atoms with Crippen LogP contribution in [0.15, 0.2) is 0 Å². The smallest absolute Gasteiger partial charge is 0.383 e. The first-order valence-corrected chi connectivity index (χ1v) is 5.06. The van der Waals surface area contributed by atoms with Gasteiger partial charge in [-0.1, -0.05) is 0 Å². The molecule has 1 saturated heterocycles. The van der Waals surface area contributed by atoms with Crippen molar-refractivity contribution >= 4 is 0 Å². The SMILES string of the molecule is COCCN1CCCNCC1C(F)(F)F. The maximum absolute atomic E-state index is 12.7. The van der Waals surface area contributed by atoms with Gasteiger partial charge in [-0.05, 0) is 13.0 Å². The van der Waals surface area contributed by atoms with Gasteiger partial charge in [-0.15, -0.1) is 0 Å². The summed E-state index contributed by atoms with van der Waals surface area (Å²) < 4.78 is 42.8. The lowest BCUT2D eigenvalue weighted by molar-refractivity contribution is -0.182. The van der Waals surface area contributed by atoms with Gasteiger partial charge in [0, 0.05) is 26.7 Å². The van der Waals surface area contributed by atoms with Crippen molar-refractivity contribution in [2.45, 2.75) is 18.6 Å². The Hall–Kier alpha value is -0.330. The highest BCUT2D eigenvalue weighted by Crippen LogP contribution is 2.25. The number of hydrogen-bond donors (Lipinski definition) is 1. The highest BCUT2D eigenvalue weighted by atomic mass is 19.4. The third-order valence-electron chi connectivity index (χ3n) is 2.54. The van der Waals surface area contributed by atoms with E-state index in [0.29, 0.717) is 26.2 Å². The first-order valence-electron chi connectivity index (χ1n) is 5.06. The van der Waals surface area contributed by atoms with Crippen molar-refractivity contribution in [1.82, 2.24) is 10.2 Å². The van der Waals surface area contributed by atoms with Crippen molar-refractivity contribution in [3.05, 3.63) is 0 Å². The van der Waals surface area contributed by atoms with E-state index in [1.165, 1.54) is 12.0 Å². The molecule has 1 atom stereocenters. The predicted molar refractivity (Wildman–Crippen MR) is 50.8 cm³/mol. The van der Waals surface area contributed by atoms with Crippen LogP contribution >= 0.6 is 0 Å². The fourth-order valence-corrected chi connectivity index (χ4v) is 1.73. The highest BCUT2D eigenvalue weighted by Gasteiger charge is 2.43. The monoisotopic (exact) mass is 226 g/mol. The first-order chi connectivity index (χ1) is 7.05. The quantitative estimate of drug-likeness (QED) is 0.772. The molecule has 1 N–H and O–H groups in total. The summed E-state index contributed by atoms with van der Waals surface area (Å²) in [5, 5.41) is 2.81. The van der Waals surface area contributed by atoms with Crippen LogP contribution in [0.25, 0.3) is 0 Å². The van der Waals surface area contributed by atoms with E-state index in [-0.39, 0.29) is 6.54 Å². The number of ether oxygens (including phenoxy) is 1. The Morgan fingerprint density at radius 1 is 1.47 bits per heavy atom. The lowest BCUT2D eigenvalue weighted by Crippen LogP contribution is -2.50. The molecule has 1 unspecified atom stereocenters. The van der Waals surface area contributed by atoms with Crippen LogP contribution in [0.1, 0.15) is 6.42 Å². The van der Waals surface area contributed by atoms with E-state index in [4.69, 9.17) is 4.74 Å². The lowest BCUT2D eigenvalue weighted by atomic mass is 10.2. The van der Waals surface area contributed by atoms with Crippen LogP contribution < -0.4 is 5.32 Å². The highest BCUT2D eigenvalue weighted by molar-refractivity contribution is 4.83. The number of rotatable bonds is 3. The second-order valence-electron chi connectivity index (χ2n) is 3.64. The molecule has 1 aliphatic heterocycles. The molecule has 0 aromatic rings. The molecule has 3 nitrogen and oxygen atoms in total. The van der Waals surface area contributed by atoms with E-state index in [0.717, 1.165) is 6.42 Å². The molecule has 0 amide bonds. The number of nitrogens with one attached hydrogen (secondary N) is 1. The van der Waals surface area contributed by atoms with Gasteiger partial charge >= 0.3 is 6.18 Å². The summed E-state index contributed by atoms with van der Waals surface area (Å²) in [6.07, 6.45) is -3.42. The van der Waals surface area contributed by atoms with E-state index >= 15 is 0 Å². The van der Waals surface area contributed by atoms with Crippen LogP contribution in [0.4, 0.5) is 13.2 Å². The van der Waals surface area contributed by atoms with Crippen molar-refractivity contribution in [2.75, 3.05) is 39.9 Å². The summed E-state index contributed by atoms with van der Waals surface area (Å²) in [7, 11) is 1.50. The minimum Gasteiger partial charge on any atom is -0.383 e. The van der Waals surface area contributed by atoms with Gasteiger partial charge in [0.05, 0.1) is 6.61 Å². The van der Waals surface area contributed by atoms with Crippen molar-refractivity contribution < 1.29 is 17.9 Å². The van der Waals surface area contributed by atoms with Crippen molar-refractivity contribution in [3.63, 3.8) is 0 Å². The van der Waals surface area contributed by atoms with Gasteiger partial charge in [0.1, 0.15) is 6.04 Å². The van der Waals surface area contributed by atoms with Crippen molar-refractivity contribution in [3.8, 4) is 0 Å². The number of hydrogen-bond acceptors (Lipinski definition) is 3. The predicted octanol–water partition coefficient (Wildman–Crippen LogP) is 0.859. The van der Waals surface area contributed by atoms with Gasteiger partial charge in [0.2, 0.25) is 0 Å². The van der Waals surface area contributed by atoms with Crippen LogP contribution in [0.2, 0.25) is 0 Å². The van der Waals surface area contributed by atoms with Crippen LogP contribution in [-0.4, -0.2) is 57.0 Å². The Kier molecular flexibility index (Phi) is 4.82. The second kappa shape index (κ2) is 5.67. The van der Waals surface area contributed by atoms with Gasteiger partial charge in [-0.2, -0.15) is 13.2 Å². The summed E-state index contributed by atoms with van der Waals surface area (Å²) in [6, 6.07) is -1.38. The second-order valence-corrected chi connectivity index (χ2v) is 3.64. The molecule has 0 aromatic carbocycles. The molecule has 0 saturated carbocycles. The Morgan fingerprint density at radius 3 is 2.80 bits per heavy atom. The Labute approximate surface area is 87.6 Å². The number of alkyl halides is 3. The van der Waals surface area contributed by atoms with Crippen LogP contribution in [0.3, 0.4) is 0 Å². The average Bonchev–Trinajstić information content (AvgIpc) is 2.38. The van der Waals surface area contributed by atoms with Gasteiger partial charge in [0.15, 0.2) is 0 Å². The Morgan fingerprint density at radius 2 is 2.20 bits per heavy atom. The molecule has 0 aliphatic carbocycles. The molecule has 90 valence electrons. The molecular formula is C9H17F3N2O. The van der Waals surface area contributed by atoms with Crippen molar-refractivity contribution in [1.29, 1.82) is 0 Å². The fourth-order valence-electron chi connectivity index (χ4n) is 1.73. The van der Waals surface area contributed by atoms with Gasteiger partial charge in [-0.3, -0.25) is 4.90 Å². The van der Waals surface area contributed by atoms with Crippen LogP contribution in [0, 0.1) is 0 Å². The molecule has 1 fully saturated rings. The summed E-state index contributed by atoms with van der Waals surface area (Å²) in [5.74, 6) is 0. The van der Waals surface area contributed by atoms with E-state index < -0.39 is 12.2 Å². The zero-order valence-corrected chi connectivity index (χ0v) is 8.81. The maximum Gasteiger partial charge on any atom is 0.405 e. The molecule has 1 aliphatic rings. The summed E-state index contributed by atoms with van der Waals surface area (Å²) in [5.41, 5.74) is 0. The maximum atomic E-state index is 12.7. The molecule has 15 heavy (non-hydrogen) atoms. The van der Waals surface area contributed by atoms with Crippen LogP contribution in [-0.2, 0) is 4.74 Å². The summed E-state index contributed by atoms with van der Waals surface area (Å²) in [6.45, 7) is 1.78. The Bertz CT molecular complexity index is 187. The first kappa shape index (κ1) is 12.7. The van der Waals surface area contributed by atoms with E-state index in [2.05, 4.69) is 5.32 Å². The molecule has 6 heteroatoms. The summed E-state index contributed by atoms with van der Waals surface area (Å²) in [4.78, 5) is 1.45. The van der Waals surface area contributed by atoms with Gasteiger partial charge in [-0.25, -0.2) is 0 Å². The van der Waals surface area contributed by atoms with Gasteiger partial charge < -0.3 is 10.1 Å². The van der Waals surface area contributed by atoms with E-state index in [1.54, 1.807) is 0 Å². The molecular weight excluding hydrogens is 209 g/mol. The molecule has 0 radical (unpaired) electrons. The molecule has 1 heterocycles. The Balaban J connectivity index is 2.59. The van der Waals surface area contributed by atoms with E-state index in [9.17, 15) is 13.2 Å². The normalized spacial score (nSPS) is 25.2. The standard InChI is InChI=1S/C9H17F3N2O/c1-15-6-5-14-4-2-3-13-7-8(14)9(10,11)12/h8,13H,2-7H2,1H3. The lowest BCUT2D eigenvalue weighted by Gasteiger charge is -2.30.